The van der Waals surface area contributed by atoms with E-state index in [0.717, 1.165) is 0 Å². The number of carbonyl (C=O) groups excluding carboxylic acids is 1. The molecule has 9 heavy (non-hydrogen) atoms. The Bertz CT molecular complexity index is 80.4. The topological polar surface area (TPSA) is 35.5 Å². The quantitative estimate of drug-likeness (QED) is 0.528. The van der Waals surface area contributed by atoms with Crippen LogP contribution in [0, 0.1) is 7.11 Å². The number of rotatable bonds is 4. The molecule has 0 aliphatic rings. The molecule has 0 aromatic rings. The van der Waals surface area contributed by atoms with Crippen molar-refractivity contribution in [1.29, 1.82) is 0 Å². The molecule has 3 heteroatoms. The minimum absolute atomic E-state index is 0.235. The van der Waals surface area contributed by atoms with E-state index in [0.29, 0.717) is 13.2 Å². The predicted octanol–water partition coefficient (Wildman–Crippen LogP) is 0.748. The highest BCUT2D eigenvalue weighted by Gasteiger charge is 1.98. The lowest BCUT2D eigenvalue weighted by atomic mass is 10.5. The van der Waals surface area contributed by atoms with Gasteiger partial charge in [-0.15, -0.1) is 0 Å². The monoisotopic (exact) mass is 131 g/mol. The van der Waals surface area contributed by atoms with Crippen LogP contribution in [0.15, 0.2) is 0 Å². The number of hydrogen-bond donors (Lipinski definition) is 0. The summed E-state index contributed by atoms with van der Waals surface area (Å²) in [6.07, 6.45) is 0.289. The molecule has 0 spiro atoms. The van der Waals surface area contributed by atoms with Gasteiger partial charge in [0.1, 0.15) is 0 Å². The highest BCUT2D eigenvalue weighted by atomic mass is 16.5. The first kappa shape index (κ1) is 8.43. The first-order valence-electron chi connectivity index (χ1n) is 2.83. The number of carbonyl (C=O) groups is 1. The zero-order valence-electron chi connectivity index (χ0n) is 5.55. The van der Waals surface area contributed by atoms with Crippen molar-refractivity contribution < 1.29 is 14.3 Å². The van der Waals surface area contributed by atoms with Gasteiger partial charge in [0.05, 0.1) is 26.7 Å². The van der Waals surface area contributed by atoms with Crippen LogP contribution in [0.5, 0.6) is 0 Å². The average molecular weight is 131 g/mol. The number of esters is 1. The van der Waals surface area contributed by atoms with Gasteiger partial charge in [-0.2, -0.15) is 0 Å². The molecule has 0 fully saturated rings. The first-order chi connectivity index (χ1) is 4.31. The van der Waals surface area contributed by atoms with Crippen LogP contribution >= 0.6 is 0 Å². The molecule has 0 atom stereocenters. The SMILES string of the molecule is [CH2]OCCC(=O)OCC. The maximum absolute atomic E-state index is 10.5. The van der Waals surface area contributed by atoms with Crippen molar-refractivity contribution in [1.82, 2.24) is 0 Å². The van der Waals surface area contributed by atoms with Gasteiger partial charge in [0.2, 0.25) is 0 Å². The van der Waals surface area contributed by atoms with Crippen molar-refractivity contribution in [2.75, 3.05) is 13.2 Å². The molecule has 0 saturated carbocycles. The maximum atomic E-state index is 10.5. The van der Waals surface area contributed by atoms with Crippen molar-refractivity contribution in [2.45, 2.75) is 13.3 Å². The lowest BCUT2D eigenvalue weighted by molar-refractivity contribution is -0.143. The molecule has 0 aromatic heterocycles. The zero-order valence-corrected chi connectivity index (χ0v) is 5.55. The Morgan fingerprint density at radius 1 is 1.67 bits per heavy atom. The molecular weight excluding hydrogens is 120 g/mol. The van der Waals surface area contributed by atoms with Crippen LogP contribution in [0.2, 0.25) is 0 Å². The third kappa shape index (κ3) is 5.30. The fourth-order valence-corrected chi connectivity index (χ4v) is 0.389. The Morgan fingerprint density at radius 3 is 2.78 bits per heavy atom. The molecule has 0 aliphatic heterocycles. The molecular formula is C6H11O3. The van der Waals surface area contributed by atoms with E-state index >= 15 is 0 Å². The molecule has 0 unspecified atom stereocenters. The Balaban J connectivity index is 3.06. The summed E-state index contributed by atoms with van der Waals surface area (Å²) >= 11 is 0. The van der Waals surface area contributed by atoms with E-state index in [9.17, 15) is 4.79 Å². The number of ether oxygens (including phenoxy) is 2. The Labute approximate surface area is 55.0 Å². The predicted molar refractivity (Wildman–Crippen MR) is 32.6 cm³/mol. The maximum Gasteiger partial charge on any atom is 0.308 e. The summed E-state index contributed by atoms with van der Waals surface area (Å²) in [5.41, 5.74) is 0. The molecule has 1 radical (unpaired) electrons. The summed E-state index contributed by atoms with van der Waals surface area (Å²) in [5.74, 6) is -0.235. The van der Waals surface area contributed by atoms with Gasteiger partial charge >= 0.3 is 5.97 Å². The van der Waals surface area contributed by atoms with Gasteiger partial charge in [-0.1, -0.05) is 0 Å². The summed E-state index contributed by atoms with van der Waals surface area (Å²) in [4.78, 5) is 10.5. The summed E-state index contributed by atoms with van der Waals surface area (Å²) in [7, 11) is 3.11. The summed E-state index contributed by atoms with van der Waals surface area (Å²) < 4.78 is 9.01. The van der Waals surface area contributed by atoms with Gasteiger partial charge in [-0.05, 0) is 6.92 Å². The molecule has 0 saturated heterocycles. The van der Waals surface area contributed by atoms with Crippen molar-refractivity contribution in [3.05, 3.63) is 7.11 Å². The molecule has 0 rings (SSSR count). The van der Waals surface area contributed by atoms with Crippen molar-refractivity contribution >= 4 is 5.97 Å². The van der Waals surface area contributed by atoms with Crippen LogP contribution in [0.25, 0.3) is 0 Å². The third-order valence-corrected chi connectivity index (χ3v) is 0.756. The van der Waals surface area contributed by atoms with Gasteiger partial charge in [-0.3, -0.25) is 4.79 Å². The van der Waals surface area contributed by atoms with Crippen LogP contribution in [-0.4, -0.2) is 19.2 Å². The lowest BCUT2D eigenvalue weighted by Crippen LogP contribution is -2.06. The van der Waals surface area contributed by atoms with E-state index in [1.54, 1.807) is 6.92 Å². The van der Waals surface area contributed by atoms with Gasteiger partial charge in [-0.25, -0.2) is 0 Å². The number of hydrogen-bond acceptors (Lipinski definition) is 3. The summed E-state index contributed by atoms with van der Waals surface area (Å²) in [6, 6.07) is 0. The van der Waals surface area contributed by atoms with E-state index in [4.69, 9.17) is 0 Å². The minimum Gasteiger partial charge on any atom is -0.466 e. The molecule has 0 heterocycles. The van der Waals surface area contributed by atoms with Gasteiger partial charge < -0.3 is 9.47 Å². The van der Waals surface area contributed by atoms with Crippen molar-refractivity contribution in [2.24, 2.45) is 0 Å². The van der Waals surface area contributed by atoms with Gasteiger partial charge in [0.15, 0.2) is 0 Å². The fraction of sp³-hybridized carbons (Fsp3) is 0.667. The molecule has 0 aromatic carbocycles. The lowest BCUT2D eigenvalue weighted by Gasteiger charge is -1.98. The largest absolute Gasteiger partial charge is 0.466 e. The second-order valence-electron chi connectivity index (χ2n) is 1.46. The molecule has 53 valence electrons. The third-order valence-electron chi connectivity index (χ3n) is 0.756. The van der Waals surface area contributed by atoms with Crippen molar-refractivity contribution in [3.63, 3.8) is 0 Å². The van der Waals surface area contributed by atoms with E-state index < -0.39 is 0 Å². The Morgan fingerprint density at radius 2 is 2.33 bits per heavy atom. The van der Waals surface area contributed by atoms with Gasteiger partial charge in [0, 0.05) is 0 Å². The van der Waals surface area contributed by atoms with Crippen LogP contribution in [0.1, 0.15) is 13.3 Å². The van der Waals surface area contributed by atoms with Crippen LogP contribution < -0.4 is 0 Å². The van der Waals surface area contributed by atoms with Crippen molar-refractivity contribution in [3.8, 4) is 0 Å². The molecule has 0 amide bonds. The second kappa shape index (κ2) is 5.56. The summed E-state index contributed by atoms with van der Waals surface area (Å²) in [6.45, 7) is 2.53. The van der Waals surface area contributed by atoms with E-state index in [1.807, 2.05) is 0 Å². The van der Waals surface area contributed by atoms with E-state index in [2.05, 4.69) is 16.6 Å². The Hall–Kier alpha value is -0.570. The second-order valence-corrected chi connectivity index (χ2v) is 1.46. The van der Waals surface area contributed by atoms with Crippen LogP contribution in [-0.2, 0) is 14.3 Å². The highest BCUT2D eigenvalue weighted by Crippen LogP contribution is 1.85. The molecule has 0 bridgehead atoms. The molecule has 0 aliphatic carbocycles. The van der Waals surface area contributed by atoms with Crippen LogP contribution in [0.3, 0.4) is 0 Å². The minimum atomic E-state index is -0.235. The van der Waals surface area contributed by atoms with E-state index in [-0.39, 0.29) is 12.4 Å². The zero-order chi connectivity index (χ0) is 7.11. The van der Waals surface area contributed by atoms with Crippen LogP contribution in [0.4, 0.5) is 0 Å². The van der Waals surface area contributed by atoms with E-state index in [1.165, 1.54) is 0 Å². The average Bonchev–Trinajstić information content (AvgIpc) is 1.85. The highest BCUT2D eigenvalue weighted by molar-refractivity contribution is 5.69. The normalized spacial score (nSPS) is 9.11. The fourth-order valence-electron chi connectivity index (χ4n) is 0.389. The molecule has 0 N–H and O–H groups in total. The Kier molecular flexibility index (Phi) is 5.21. The molecule has 3 nitrogen and oxygen atoms in total. The first-order valence-corrected chi connectivity index (χ1v) is 2.83. The summed E-state index contributed by atoms with van der Waals surface area (Å²) in [5, 5.41) is 0. The van der Waals surface area contributed by atoms with Gasteiger partial charge in [0.25, 0.3) is 0 Å². The smallest absolute Gasteiger partial charge is 0.308 e. The standard InChI is InChI=1S/C6H11O3/c1-3-9-6(7)4-5-8-2/h2-5H2,1H3.